The fourth-order valence-corrected chi connectivity index (χ4v) is 1.75. The highest BCUT2D eigenvalue weighted by molar-refractivity contribution is 5.67. The third-order valence-corrected chi connectivity index (χ3v) is 2.60. The Hall–Kier alpha value is -1.81. The van der Waals surface area contributed by atoms with Gasteiger partial charge < -0.3 is 15.4 Å². The molecule has 1 rings (SSSR count). The molecule has 1 amide bonds. The maximum atomic E-state index is 11.4. The zero-order chi connectivity index (χ0) is 15.7. The van der Waals surface area contributed by atoms with E-state index >= 15 is 0 Å². The summed E-state index contributed by atoms with van der Waals surface area (Å²) >= 11 is 0. The summed E-state index contributed by atoms with van der Waals surface area (Å²) in [7, 11) is 0. The van der Waals surface area contributed by atoms with Gasteiger partial charge in [0.25, 0.3) is 0 Å². The third-order valence-electron chi connectivity index (χ3n) is 2.60. The lowest BCUT2D eigenvalue weighted by atomic mass is 10.1. The molecule has 21 heavy (non-hydrogen) atoms. The molecule has 0 spiro atoms. The summed E-state index contributed by atoms with van der Waals surface area (Å²) < 4.78 is 5.13. The highest BCUT2D eigenvalue weighted by Crippen LogP contribution is 2.06. The van der Waals surface area contributed by atoms with Crippen LogP contribution in [0.5, 0.6) is 0 Å². The van der Waals surface area contributed by atoms with Crippen LogP contribution < -0.4 is 10.6 Å². The molecule has 0 aliphatic carbocycles. The smallest absolute Gasteiger partial charge is 0.407 e. The van der Waals surface area contributed by atoms with Gasteiger partial charge in [0.2, 0.25) is 0 Å². The van der Waals surface area contributed by atoms with Crippen LogP contribution in [0.4, 0.5) is 4.79 Å². The Morgan fingerprint density at radius 1 is 1.24 bits per heavy atom. The van der Waals surface area contributed by atoms with E-state index in [1.807, 2.05) is 32.9 Å². The number of alkyl carbamates (subject to hydrolysis) is 1. The minimum absolute atomic E-state index is 0.389. The molecule has 0 aromatic heterocycles. The van der Waals surface area contributed by atoms with E-state index in [2.05, 4.69) is 41.8 Å². The normalized spacial score (nSPS) is 11.6. The van der Waals surface area contributed by atoms with E-state index < -0.39 is 5.60 Å². The van der Waals surface area contributed by atoms with Gasteiger partial charge in [0.15, 0.2) is 0 Å². The van der Waals surface area contributed by atoms with Crippen LogP contribution in [0.25, 0.3) is 0 Å². The van der Waals surface area contributed by atoms with Crippen LogP contribution in [0.2, 0.25) is 0 Å². The summed E-state index contributed by atoms with van der Waals surface area (Å²) in [6.07, 6.45) is 3.51. The van der Waals surface area contributed by atoms with Crippen molar-refractivity contribution in [1.82, 2.24) is 10.6 Å². The van der Waals surface area contributed by atoms with E-state index in [-0.39, 0.29) is 6.09 Å². The topological polar surface area (TPSA) is 50.4 Å². The van der Waals surface area contributed by atoms with E-state index in [0.29, 0.717) is 6.54 Å². The summed E-state index contributed by atoms with van der Waals surface area (Å²) in [6, 6.07) is 8.42. The highest BCUT2D eigenvalue weighted by atomic mass is 16.6. The SMILES string of the molecule is Cc1cccc(CNC/C=C/CNC(=O)OC(C)(C)C)c1. The Balaban J connectivity index is 2.12. The fourth-order valence-electron chi connectivity index (χ4n) is 1.75. The van der Waals surface area contributed by atoms with Crippen LogP contribution in [0, 0.1) is 6.92 Å². The van der Waals surface area contributed by atoms with Crippen LogP contribution in [-0.4, -0.2) is 24.8 Å². The summed E-state index contributed by atoms with van der Waals surface area (Å²) in [5.74, 6) is 0. The zero-order valence-corrected chi connectivity index (χ0v) is 13.4. The van der Waals surface area contributed by atoms with Gasteiger partial charge in [0.05, 0.1) is 0 Å². The van der Waals surface area contributed by atoms with Crippen LogP contribution in [0.1, 0.15) is 31.9 Å². The van der Waals surface area contributed by atoms with Gasteiger partial charge >= 0.3 is 6.09 Å². The van der Waals surface area contributed by atoms with Crippen molar-refractivity contribution in [2.45, 2.75) is 39.8 Å². The molecule has 0 bridgehead atoms. The molecule has 0 saturated heterocycles. The molecule has 0 fully saturated rings. The van der Waals surface area contributed by atoms with Gasteiger partial charge in [-0.15, -0.1) is 0 Å². The number of nitrogens with one attached hydrogen (secondary N) is 2. The van der Waals surface area contributed by atoms with Crippen molar-refractivity contribution in [3.05, 3.63) is 47.5 Å². The molecular formula is C17H26N2O2. The Bertz CT molecular complexity index is 476. The Kier molecular flexibility index (Phi) is 6.96. The minimum atomic E-state index is -0.455. The van der Waals surface area contributed by atoms with Crippen LogP contribution in [0.15, 0.2) is 36.4 Å². The summed E-state index contributed by atoms with van der Waals surface area (Å²) in [5, 5.41) is 6.00. The second-order valence-electron chi connectivity index (χ2n) is 5.97. The number of carbonyl (C=O) groups excluding carboxylic acids is 1. The first-order chi connectivity index (χ1) is 9.87. The Labute approximate surface area is 127 Å². The van der Waals surface area contributed by atoms with Crippen LogP contribution in [0.3, 0.4) is 0 Å². The molecule has 0 saturated carbocycles. The van der Waals surface area contributed by atoms with Gasteiger partial charge in [0, 0.05) is 19.6 Å². The lowest BCUT2D eigenvalue weighted by molar-refractivity contribution is 0.0534. The minimum Gasteiger partial charge on any atom is -0.444 e. The molecule has 4 heteroatoms. The molecule has 0 heterocycles. The van der Waals surface area contributed by atoms with Gasteiger partial charge in [0.1, 0.15) is 5.60 Å². The molecule has 2 N–H and O–H groups in total. The summed E-state index contributed by atoms with van der Waals surface area (Å²) in [6.45, 7) is 9.70. The average molecular weight is 290 g/mol. The molecule has 0 aliphatic rings. The van der Waals surface area contributed by atoms with Crippen molar-refractivity contribution >= 4 is 6.09 Å². The number of benzene rings is 1. The molecule has 1 aromatic carbocycles. The Morgan fingerprint density at radius 3 is 2.62 bits per heavy atom. The van der Waals surface area contributed by atoms with Gasteiger partial charge in [-0.3, -0.25) is 0 Å². The molecule has 0 aliphatic heterocycles. The highest BCUT2D eigenvalue weighted by Gasteiger charge is 2.14. The van der Waals surface area contributed by atoms with Gasteiger partial charge in [-0.25, -0.2) is 4.79 Å². The monoisotopic (exact) mass is 290 g/mol. The molecule has 0 unspecified atom stereocenters. The maximum Gasteiger partial charge on any atom is 0.407 e. The number of ether oxygens (including phenoxy) is 1. The quantitative estimate of drug-likeness (QED) is 0.625. The standard InChI is InChI=1S/C17H26N2O2/c1-14-8-7-9-15(12-14)13-18-10-5-6-11-19-16(20)21-17(2,3)4/h5-9,12,18H,10-11,13H2,1-4H3,(H,19,20)/b6-5+. The average Bonchev–Trinajstić information content (AvgIpc) is 2.35. The van der Waals surface area contributed by atoms with Crippen LogP contribution >= 0.6 is 0 Å². The molecule has 116 valence electrons. The van der Waals surface area contributed by atoms with Gasteiger partial charge in [-0.2, -0.15) is 0 Å². The number of hydrogen-bond acceptors (Lipinski definition) is 3. The third kappa shape index (κ3) is 8.87. The van der Waals surface area contributed by atoms with Crippen molar-refractivity contribution in [1.29, 1.82) is 0 Å². The van der Waals surface area contributed by atoms with E-state index in [9.17, 15) is 4.79 Å². The summed E-state index contributed by atoms with van der Waals surface area (Å²) in [4.78, 5) is 11.4. The van der Waals surface area contributed by atoms with Crippen molar-refractivity contribution in [3.8, 4) is 0 Å². The van der Waals surface area contributed by atoms with E-state index in [4.69, 9.17) is 4.74 Å². The number of amides is 1. The van der Waals surface area contributed by atoms with Crippen molar-refractivity contribution in [2.24, 2.45) is 0 Å². The van der Waals surface area contributed by atoms with Gasteiger partial charge in [-0.05, 0) is 33.3 Å². The number of hydrogen-bond donors (Lipinski definition) is 2. The predicted molar refractivity (Wildman–Crippen MR) is 86.3 cm³/mol. The predicted octanol–water partition coefficient (Wildman–Crippen LogP) is 3.17. The largest absolute Gasteiger partial charge is 0.444 e. The van der Waals surface area contributed by atoms with Crippen molar-refractivity contribution in [3.63, 3.8) is 0 Å². The second kappa shape index (κ2) is 8.47. The number of carbonyl (C=O) groups is 1. The summed E-state index contributed by atoms with van der Waals surface area (Å²) in [5.41, 5.74) is 2.09. The Morgan fingerprint density at radius 2 is 1.95 bits per heavy atom. The lowest BCUT2D eigenvalue weighted by Gasteiger charge is -2.19. The van der Waals surface area contributed by atoms with E-state index in [0.717, 1.165) is 13.1 Å². The first kappa shape index (κ1) is 17.2. The van der Waals surface area contributed by atoms with Crippen molar-refractivity contribution < 1.29 is 9.53 Å². The number of rotatable bonds is 6. The molecule has 0 atom stereocenters. The van der Waals surface area contributed by atoms with Gasteiger partial charge in [-0.1, -0.05) is 42.0 Å². The second-order valence-corrected chi connectivity index (χ2v) is 5.97. The first-order valence-corrected chi connectivity index (χ1v) is 7.25. The molecule has 4 nitrogen and oxygen atoms in total. The van der Waals surface area contributed by atoms with E-state index in [1.54, 1.807) is 0 Å². The fraction of sp³-hybridized carbons (Fsp3) is 0.471. The molecule has 1 aromatic rings. The van der Waals surface area contributed by atoms with E-state index in [1.165, 1.54) is 11.1 Å². The zero-order valence-electron chi connectivity index (χ0n) is 13.4. The molecular weight excluding hydrogens is 264 g/mol. The lowest BCUT2D eigenvalue weighted by Crippen LogP contribution is -2.32. The first-order valence-electron chi connectivity index (χ1n) is 7.25. The maximum absolute atomic E-state index is 11.4. The van der Waals surface area contributed by atoms with Crippen LogP contribution in [-0.2, 0) is 11.3 Å². The van der Waals surface area contributed by atoms with Crippen molar-refractivity contribution in [2.75, 3.05) is 13.1 Å². The number of aryl methyl sites for hydroxylation is 1. The molecule has 0 radical (unpaired) electrons.